The largest absolute Gasteiger partial charge is 0.376 e. The van der Waals surface area contributed by atoms with E-state index in [0.29, 0.717) is 19.4 Å². The number of rotatable bonds is 6. The number of amides is 2. The molecule has 0 aromatic heterocycles. The summed E-state index contributed by atoms with van der Waals surface area (Å²) in [5, 5.41) is 2.86. The molecule has 2 heterocycles. The maximum absolute atomic E-state index is 12.8. The molecule has 9 heteroatoms. The fourth-order valence-electron chi connectivity index (χ4n) is 4.47. The molecule has 0 spiro atoms. The number of morpholine rings is 1. The molecule has 2 aromatic carbocycles. The summed E-state index contributed by atoms with van der Waals surface area (Å²) in [5.74, 6) is -0.872. The molecule has 5 rings (SSSR count). The van der Waals surface area contributed by atoms with Crippen LogP contribution in [0.4, 0.5) is 0 Å². The zero-order valence-electron chi connectivity index (χ0n) is 18.5. The number of hydrogen-bond donors (Lipinski definition) is 1. The molecule has 33 heavy (non-hydrogen) atoms. The van der Waals surface area contributed by atoms with Crippen LogP contribution >= 0.6 is 0 Å². The minimum Gasteiger partial charge on any atom is -0.376 e. The number of benzene rings is 2. The van der Waals surface area contributed by atoms with E-state index < -0.39 is 15.9 Å². The van der Waals surface area contributed by atoms with E-state index in [2.05, 4.69) is 29.3 Å². The average molecular weight is 470 g/mol. The van der Waals surface area contributed by atoms with Gasteiger partial charge < -0.3 is 10.1 Å². The van der Waals surface area contributed by atoms with Crippen LogP contribution in [0.5, 0.6) is 0 Å². The molecule has 1 aliphatic carbocycles. The Morgan fingerprint density at radius 2 is 1.94 bits per heavy atom. The quantitative estimate of drug-likeness (QED) is 0.697. The Kier molecular flexibility index (Phi) is 5.72. The molecule has 0 radical (unpaired) electrons. The molecule has 1 atom stereocenters. The number of fused-ring (bicyclic) bond motifs is 1. The second-order valence-corrected chi connectivity index (χ2v) is 10.8. The lowest BCUT2D eigenvalue weighted by molar-refractivity contribution is -0.0212. The van der Waals surface area contributed by atoms with E-state index in [1.54, 1.807) is 0 Å². The molecule has 2 amide bonds. The van der Waals surface area contributed by atoms with Crippen LogP contribution in [-0.4, -0.2) is 61.3 Å². The number of carbonyl (C=O) groups is 2. The molecule has 1 saturated heterocycles. The molecule has 174 valence electrons. The molecule has 2 aromatic rings. The van der Waals surface area contributed by atoms with Crippen molar-refractivity contribution in [3.05, 3.63) is 64.7 Å². The maximum Gasteiger partial charge on any atom is 0.269 e. The monoisotopic (exact) mass is 469 g/mol. The van der Waals surface area contributed by atoms with Gasteiger partial charge in [0.2, 0.25) is 0 Å². The van der Waals surface area contributed by atoms with Gasteiger partial charge in [-0.1, -0.05) is 24.3 Å². The molecule has 2 fully saturated rings. The Morgan fingerprint density at radius 1 is 1.15 bits per heavy atom. The number of hydrogen-bond acceptors (Lipinski definition) is 6. The van der Waals surface area contributed by atoms with E-state index in [1.165, 1.54) is 18.2 Å². The third-order valence-corrected chi connectivity index (χ3v) is 8.14. The highest BCUT2D eigenvalue weighted by Crippen LogP contribution is 2.39. The molecule has 3 aliphatic rings. The van der Waals surface area contributed by atoms with Crippen LogP contribution in [0.3, 0.4) is 0 Å². The van der Waals surface area contributed by atoms with Gasteiger partial charge in [-0.15, -0.1) is 0 Å². The summed E-state index contributed by atoms with van der Waals surface area (Å²) in [5.41, 5.74) is 2.49. The minimum absolute atomic E-state index is 0.0752. The summed E-state index contributed by atoms with van der Waals surface area (Å²) in [7, 11) is -3.89. The molecule has 1 N–H and O–H groups in total. The number of nitrogens with one attached hydrogen (secondary N) is 1. The third-order valence-electron chi connectivity index (χ3n) is 6.27. The lowest BCUT2D eigenvalue weighted by Gasteiger charge is -2.31. The van der Waals surface area contributed by atoms with Crippen LogP contribution in [-0.2, 0) is 27.8 Å². The fourth-order valence-corrected chi connectivity index (χ4v) is 6.31. The van der Waals surface area contributed by atoms with Crippen molar-refractivity contribution in [2.75, 3.05) is 19.7 Å². The first-order valence-electron chi connectivity index (χ1n) is 11.3. The van der Waals surface area contributed by atoms with Crippen molar-refractivity contribution in [1.82, 2.24) is 14.5 Å². The second-order valence-electron chi connectivity index (χ2n) is 8.97. The topological polar surface area (TPSA) is 96.0 Å². The maximum atomic E-state index is 12.8. The second kappa shape index (κ2) is 8.55. The molecule has 0 bridgehead atoms. The normalized spacial score (nSPS) is 22.3. The summed E-state index contributed by atoms with van der Waals surface area (Å²) < 4.78 is 32.2. The van der Waals surface area contributed by atoms with Gasteiger partial charge in [0, 0.05) is 37.8 Å². The van der Waals surface area contributed by atoms with E-state index in [4.69, 9.17) is 4.74 Å². The van der Waals surface area contributed by atoms with Gasteiger partial charge in [-0.2, -0.15) is 0 Å². The van der Waals surface area contributed by atoms with Gasteiger partial charge in [0.25, 0.3) is 21.8 Å². The van der Waals surface area contributed by atoms with E-state index in [0.717, 1.165) is 41.7 Å². The van der Waals surface area contributed by atoms with Crippen molar-refractivity contribution in [3.63, 3.8) is 0 Å². The predicted molar refractivity (Wildman–Crippen MR) is 121 cm³/mol. The van der Waals surface area contributed by atoms with Crippen molar-refractivity contribution in [2.24, 2.45) is 0 Å². The highest BCUT2D eigenvalue weighted by molar-refractivity contribution is 7.90. The Labute approximate surface area is 193 Å². The standard InChI is InChI=1S/C24H27N3O5S/c1-16-14-26(9-10-32-16)15-18-4-2-3-17(11-18)13-25-23(28)19-5-8-21-22(12-19)33(30,31)27(24(21)29)20-6-7-20/h2-5,8,11-12,16,20H,6-7,9-10,13-15H2,1H3,(H,25,28). The molecule has 8 nitrogen and oxygen atoms in total. The fraction of sp³-hybridized carbons (Fsp3) is 0.417. The van der Waals surface area contributed by atoms with Gasteiger partial charge in [-0.25, -0.2) is 12.7 Å². The molecule has 1 saturated carbocycles. The average Bonchev–Trinajstić information content (AvgIpc) is 3.59. The van der Waals surface area contributed by atoms with Crippen molar-refractivity contribution in [2.45, 2.75) is 49.9 Å². The summed E-state index contributed by atoms with van der Waals surface area (Å²) >= 11 is 0. The Hall–Kier alpha value is -2.75. The van der Waals surface area contributed by atoms with Crippen LogP contribution in [0.1, 0.15) is 51.6 Å². The lowest BCUT2D eigenvalue weighted by Crippen LogP contribution is -2.40. The number of nitrogens with zero attached hydrogens (tertiary/aromatic N) is 2. The summed E-state index contributed by atoms with van der Waals surface area (Å²) in [6.45, 7) is 5.74. The van der Waals surface area contributed by atoms with Crippen molar-refractivity contribution >= 4 is 21.8 Å². The zero-order valence-corrected chi connectivity index (χ0v) is 19.3. The summed E-state index contributed by atoms with van der Waals surface area (Å²) in [6.07, 6.45) is 1.61. The number of ether oxygens (including phenoxy) is 1. The van der Waals surface area contributed by atoms with Gasteiger partial charge in [-0.05, 0) is 49.1 Å². The minimum atomic E-state index is -3.89. The van der Waals surface area contributed by atoms with E-state index in [9.17, 15) is 18.0 Å². The lowest BCUT2D eigenvalue weighted by atomic mass is 10.1. The van der Waals surface area contributed by atoms with Crippen molar-refractivity contribution < 1.29 is 22.7 Å². The predicted octanol–water partition coefficient (Wildman–Crippen LogP) is 2.14. The molecule has 2 aliphatic heterocycles. The van der Waals surface area contributed by atoms with Gasteiger partial charge in [0.05, 0.1) is 18.3 Å². The van der Waals surface area contributed by atoms with Crippen LogP contribution < -0.4 is 5.32 Å². The van der Waals surface area contributed by atoms with Gasteiger partial charge in [-0.3, -0.25) is 14.5 Å². The highest BCUT2D eigenvalue weighted by atomic mass is 32.2. The summed E-state index contributed by atoms with van der Waals surface area (Å²) in [6, 6.07) is 12.1. The molecular weight excluding hydrogens is 442 g/mol. The van der Waals surface area contributed by atoms with Crippen molar-refractivity contribution in [3.8, 4) is 0 Å². The van der Waals surface area contributed by atoms with E-state index in [-0.39, 0.29) is 34.1 Å². The zero-order chi connectivity index (χ0) is 23.2. The number of sulfonamides is 1. The highest BCUT2D eigenvalue weighted by Gasteiger charge is 2.48. The Bertz CT molecular complexity index is 1210. The van der Waals surface area contributed by atoms with Crippen LogP contribution in [0.25, 0.3) is 0 Å². The summed E-state index contributed by atoms with van der Waals surface area (Å²) in [4.78, 5) is 27.5. The third kappa shape index (κ3) is 4.40. The van der Waals surface area contributed by atoms with Gasteiger partial charge in [0.1, 0.15) is 4.90 Å². The van der Waals surface area contributed by atoms with Gasteiger partial charge in [0.15, 0.2) is 0 Å². The SMILES string of the molecule is CC1CN(Cc2cccc(CNC(=O)c3ccc4c(c3)S(=O)(=O)N(C3CC3)C4=O)c2)CCO1. The molecular formula is C24H27N3O5S. The smallest absolute Gasteiger partial charge is 0.269 e. The van der Waals surface area contributed by atoms with Crippen LogP contribution in [0.15, 0.2) is 47.4 Å². The van der Waals surface area contributed by atoms with E-state index in [1.807, 2.05) is 12.1 Å². The van der Waals surface area contributed by atoms with E-state index >= 15 is 0 Å². The van der Waals surface area contributed by atoms with Crippen LogP contribution in [0.2, 0.25) is 0 Å². The first-order chi connectivity index (χ1) is 15.8. The first kappa shape index (κ1) is 22.1. The van der Waals surface area contributed by atoms with Gasteiger partial charge >= 0.3 is 0 Å². The van der Waals surface area contributed by atoms with Crippen molar-refractivity contribution in [1.29, 1.82) is 0 Å². The Morgan fingerprint density at radius 3 is 2.70 bits per heavy atom. The molecule has 1 unspecified atom stereocenters. The first-order valence-corrected chi connectivity index (χ1v) is 12.7. The van der Waals surface area contributed by atoms with Crippen LogP contribution in [0, 0.1) is 0 Å². The number of carbonyl (C=O) groups excluding carboxylic acids is 2. The Balaban J connectivity index is 1.25.